The van der Waals surface area contributed by atoms with E-state index < -0.39 is 0 Å². The third-order valence-electron chi connectivity index (χ3n) is 6.86. The number of rotatable bonds is 26. The standard InChI is InChI=1S/C29H60O2/c1-3-5-7-8-9-10-11-12-13-14-15-16-17-18-19-20-22-25-29(31)27-23-26-28(30)24-21-6-4-2/h28-31H,3-27H2,1-2H3. The Hall–Kier alpha value is -0.0800. The minimum Gasteiger partial charge on any atom is -0.393 e. The molecule has 0 rings (SSSR count). The van der Waals surface area contributed by atoms with Crippen molar-refractivity contribution in [2.45, 2.75) is 187 Å². The van der Waals surface area contributed by atoms with Gasteiger partial charge in [0.1, 0.15) is 0 Å². The van der Waals surface area contributed by atoms with Crippen LogP contribution < -0.4 is 0 Å². The molecule has 0 radical (unpaired) electrons. The van der Waals surface area contributed by atoms with Crippen LogP contribution in [0.3, 0.4) is 0 Å². The van der Waals surface area contributed by atoms with Crippen molar-refractivity contribution in [1.82, 2.24) is 0 Å². The lowest BCUT2D eigenvalue weighted by Gasteiger charge is -2.13. The van der Waals surface area contributed by atoms with E-state index in [1.807, 2.05) is 0 Å². The first-order chi connectivity index (χ1) is 15.2. The molecule has 0 heterocycles. The minimum absolute atomic E-state index is 0.154. The summed E-state index contributed by atoms with van der Waals surface area (Å²) >= 11 is 0. The lowest BCUT2D eigenvalue weighted by molar-refractivity contribution is 0.121. The fraction of sp³-hybridized carbons (Fsp3) is 1.00. The number of hydrogen-bond donors (Lipinski definition) is 2. The van der Waals surface area contributed by atoms with E-state index in [0.29, 0.717) is 0 Å². The molecule has 2 unspecified atom stereocenters. The topological polar surface area (TPSA) is 40.5 Å². The predicted molar refractivity (Wildman–Crippen MR) is 139 cm³/mol. The molecule has 2 nitrogen and oxygen atoms in total. The Balaban J connectivity index is 3.18. The van der Waals surface area contributed by atoms with Crippen LogP contribution in [0.15, 0.2) is 0 Å². The molecule has 2 atom stereocenters. The average Bonchev–Trinajstić information content (AvgIpc) is 2.76. The van der Waals surface area contributed by atoms with E-state index in [4.69, 9.17) is 0 Å². The van der Waals surface area contributed by atoms with Crippen LogP contribution >= 0.6 is 0 Å². The molecule has 0 bridgehead atoms. The van der Waals surface area contributed by atoms with Gasteiger partial charge in [-0.05, 0) is 32.1 Å². The summed E-state index contributed by atoms with van der Waals surface area (Å²) in [4.78, 5) is 0. The van der Waals surface area contributed by atoms with Crippen molar-refractivity contribution in [2.24, 2.45) is 0 Å². The van der Waals surface area contributed by atoms with Gasteiger partial charge in [0.05, 0.1) is 12.2 Å². The molecule has 0 aliphatic carbocycles. The second kappa shape index (κ2) is 26.2. The Kier molecular flexibility index (Phi) is 26.1. The lowest BCUT2D eigenvalue weighted by atomic mass is 10.0. The molecular formula is C29H60O2. The van der Waals surface area contributed by atoms with Gasteiger partial charge < -0.3 is 10.2 Å². The molecule has 0 saturated heterocycles. The Morgan fingerprint density at radius 3 is 0.903 bits per heavy atom. The van der Waals surface area contributed by atoms with Gasteiger partial charge >= 0.3 is 0 Å². The smallest absolute Gasteiger partial charge is 0.0540 e. The fourth-order valence-electron chi connectivity index (χ4n) is 4.61. The van der Waals surface area contributed by atoms with E-state index in [2.05, 4.69) is 13.8 Å². The molecule has 188 valence electrons. The second-order valence-corrected chi connectivity index (χ2v) is 10.2. The maximum atomic E-state index is 10.1. The first-order valence-corrected chi connectivity index (χ1v) is 14.6. The molecule has 0 fully saturated rings. The van der Waals surface area contributed by atoms with Gasteiger partial charge in [0.2, 0.25) is 0 Å². The second-order valence-electron chi connectivity index (χ2n) is 10.2. The molecule has 2 heteroatoms. The maximum absolute atomic E-state index is 10.1. The molecular weight excluding hydrogens is 380 g/mol. The summed E-state index contributed by atoms with van der Waals surface area (Å²) in [6, 6.07) is 0. The van der Waals surface area contributed by atoms with Crippen LogP contribution in [0.5, 0.6) is 0 Å². The summed E-state index contributed by atoms with van der Waals surface area (Å²) in [6.07, 6.45) is 31.6. The van der Waals surface area contributed by atoms with Crippen LogP contribution in [0.4, 0.5) is 0 Å². The highest BCUT2D eigenvalue weighted by Crippen LogP contribution is 2.16. The zero-order chi connectivity index (χ0) is 22.8. The Bertz CT molecular complexity index is 318. The molecule has 0 aliphatic heterocycles. The van der Waals surface area contributed by atoms with Crippen molar-refractivity contribution in [3.63, 3.8) is 0 Å². The van der Waals surface area contributed by atoms with E-state index >= 15 is 0 Å². The molecule has 0 saturated carbocycles. The van der Waals surface area contributed by atoms with Gasteiger partial charge in [-0.15, -0.1) is 0 Å². The summed E-state index contributed by atoms with van der Waals surface area (Å²) in [5, 5.41) is 20.1. The molecule has 31 heavy (non-hydrogen) atoms. The molecule has 0 aromatic carbocycles. The van der Waals surface area contributed by atoms with Gasteiger partial charge in [-0.2, -0.15) is 0 Å². The van der Waals surface area contributed by atoms with Crippen molar-refractivity contribution in [3.05, 3.63) is 0 Å². The minimum atomic E-state index is -0.154. The third kappa shape index (κ3) is 26.1. The number of hydrogen-bond acceptors (Lipinski definition) is 2. The van der Waals surface area contributed by atoms with Crippen LogP contribution in [-0.2, 0) is 0 Å². The summed E-state index contributed by atoms with van der Waals surface area (Å²) in [6.45, 7) is 4.49. The van der Waals surface area contributed by atoms with Gasteiger partial charge in [-0.25, -0.2) is 0 Å². The van der Waals surface area contributed by atoms with Crippen LogP contribution in [0.2, 0.25) is 0 Å². The molecule has 0 amide bonds. The summed E-state index contributed by atoms with van der Waals surface area (Å²) < 4.78 is 0. The van der Waals surface area contributed by atoms with Gasteiger partial charge in [0, 0.05) is 0 Å². The van der Waals surface area contributed by atoms with Gasteiger partial charge in [0.15, 0.2) is 0 Å². The Labute approximate surface area is 197 Å². The quantitative estimate of drug-likeness (QED) is 0.131. The highest BCUT2D eigenvalue weighted by molar-refractivity contribution is 4.61. The summed E-state index contributed by atoms with van der Waals surface area (Å²) in [5.74, 6) is 0. The first kappa shape index (κ1) is 30.9. The zero-order valence-corrected chi connectivity index (χ0v) is 21.7. The van der Waals surface area contributed by atoms with E-state index in [-0.39, 0.29) is 12.2 Å². The third-order valence-corrected chi connectivity index (χ3v) is 6.86. The van der Waals surface area contributed by atoms with E-state index in [9.17, 15) is 10.2 Å². The van der Waals surface area contributed by atoms with Crippen LogP contribution in [0.1, 0.15) is 174 Å². The highest BCUT2D eigenvalue weighted by atomic mass is 16.3. The van der Waals surface area contributed by atoms with Crippen molar-refractivity contribution in [1.29, 1.82) is 0 Å². The molecule has 0 aliphatic rings. The number of aliphatic hydroxyl groups is 2. The fourth-order valence-corrected chi connectivity index (χ4v) is 4.61. The van der Waals surface area contributed by atoms with Crippen molar-refractivity contribution in [3.8, 4) is 0 Å². The van der Waals surface area contributed by atoms with E-state index in [1.54, 1.807) is 0 Å². The normalized spacial score (nSPS) is 13.5. The van der Waals surface area contributed by atoms with Gasteiger partial charge in [0.25, 0.3) is 0 Å². The predicted octanol–water partition coefficient (Wildman–Crippen LogP) is 9.50. The van der Waals surface area contributed by atoms with Crippen molar-refractivity contribution in [2.75, 3.05) is 0 Å². The molecule has 0 aromatic heterocycles. The van der Waals surface area contributed by atoms with Gasteiger partial charge in [-0.1, -0.05) is 142 Å². The van der Waals surface area contributed by atoms with E-state index in [0.717, 1.165) is 38.5 Å². The van der Waals surface area contributed by atoms with Crippen molar-refractivity contribution >= 4 is 0 Å². The largest absolute Gasteiger partial charge is 0.393 e. The zero-order valence-electron chi connectivity index (χ0n) is 21.7. The lowest BCUT2D eigenvalue weighted by Crippen LogP contribution is -2.10. The van der Waals surface area contributed by atoms with Crippen molar-refractivity contribution < 1.29 is 10.2 Å². The Morgan fingerprint density at radius 1 is 0.323 bits per heavy atom. The van der Waals surface area contributed by atoms with Crippen LogP contribution in [-0.4, -0.2) is 22.4 Å². The summed E-state index contributed by atoms with van der Waals surface area (Å²) in [5.41, 5.74) is 0. The molecule has 2 N–H and O–H groups in total. The SMILES string of the molecule is CCCCCCCCCCCCCCCCCCCC(O)CCCC(O)CCCCC. The highest BCUT2D eigenvalue weighted by Gasteiger charge is 2.07. The average molecular weight is 441 g/mol. The Morgan fingerprint density at radius 2 is 0.548 bits per heavy atom. The monoisotopic (exact) mass is 440 g/mol. The molecule has 0 spiro atoms. The van der Waals surface area contributed by atoms with Gasteiger partial charge in [-0.3, -0.25) is 0 Å². The number of unbranched alkanes of at least 4 members (excludes halogenated alkanes) is 18. The maximum Gasteiger partial charge on any atom is 0.0540 e. The molecule has 0 aromatic rings. The number of aliphatic hydroxyl groups excluding tert-OH is 2. The van der Waals surface area contributed by atoms with E-state index in [1.165, 1.54) is 122 Å². The van der Waals surface area contributed by atoms with Crippen LogP contribution in [0, 0.1) is 0 Å². The first-order valence-electron chi connectivity index (χ1n) is 14.6. The summed E-state index contributed by atoms with van der Waals surface area (Å²) in [7, 11) is 0. The van der Waals surface area contributed by atoms with Crippen LogP contribution in [0.25, 0.3) is 0 Å².